The van der Waals surface area contributed by atoms with Gasteiger partial charge in [0.2, 0.25) is 0 Å². The summed E-state index contributed by atoms with van der Waals surface area (Å²) < 4.78 is 25.3. The van der Waals surface area contributed by atoms with Crippen LogP contribution in [0, 0.1) is 0 Å². The third-order valence-electron chi connectivity index (χ3n) is 2.92. The van der Waals surface area contributed by atoms with Gasteiger partial charge in [-0.1, -0.05) is 24.1 Å². The Morgan fingerprint density at radius 2 is 1.71 bits per heavy atom. The van der Waals surface area contributed by atoms with Gasteiger partial charge in [-0.15, -0.1) is 0 Å². The second-order valence-corrected chi connectivity index (χ2v) is 7.30. The molecule has 6 heteroatoms. The highest BCUT2D eigenvalue weighted by Gasteiger charge is 2.28. The van der Waals surface area contributed by atoms with Crippen molar-refractivity contribution >= 4 is 10.2 Å². The molecule has 0 aromatic heterocycles. The van der Waals surface area contributed by atoms with Gasteiger partial charge in [0.15, 0.2) is 0 Å². The molecule has 0 atom stereocenters. The van der Waals surface area contributed by atoms with Gasteiger partial charge in [0.1, 0.15) is 0 Å². The van der Waals surface area contributed by atoms with Gasteiger partial charge < -0.3 is 0 Å². The van der Waals surface area contributed by atoms with Gasteiger partial charge in [-0.2, -0.15) is 12.7 Å². The number of nitrogens with zero attached hydrogens (tertiary/aromatic N) is 1. The second kappa shape index (κ2) is 5.65. The van der Waals surface area contributed by atoms with Crippen LogP contribution in [0.15, 0.2) is 0 Å². The minimum Gasteiger partial charge on any atom is -0.280 e. The van der Waals surface area contributed by atoms with Gasteiger partial charge in [-0.25, -0.2) is 0 Å². The number of nitrogens with one attached hydrogen (secondary N) is 1. The predicted molar refractivity (Wildman–Crippen MR) is 67.5 cm³/mol. The molecule has 102 valence electrons. The molecule has 1 N–H and O–H groups in total. The first-order valence-electron chi connectivity index (χ1n) is 6.15. The van der Waals surface area contributed by atoms with E-state index in [1.54, 1.807) is 27.8 Å². The molecule has 0 radical (unpaired) electrons. The summed E-state index contributed by atoms with van der Waals surface area (Å²) in [6.45, 7) is 5.41. The fourth-order valence-corrected chi connectivity index (χ4v) is 2.95. The highest BCUT2D eigenvalue weighted by molar-refractivity contribution is 7.87. The Labute approximate surface area is 105 Å². The van der Waals surface area contributed by atoms with Crippen molar-refractivity contribution < 1.29 is 13.3 Å². The molecule has 0 aromatic rings. The summed E-state index contributed by atoms with van der Waals surface area (Å²) in [6, 6.07) is 0.102. The molecule has 1 saturated carbocycles. The van der Waals surface area contributed by atoms with Crippen molar-refractivity contribution in [2.75, 3.05) is 7.05 Å². The van der Waals surface area contributed by atoms with Crippen LogP contribution in [-0.2, 0) is 15.0 Å². The van der Waals surface area contributed by atoms with Crippen LogP contribution in [0.2, 0.25) is 0 Å². The number of rotatable bonds is 4. The van der Waals surface area contributed by atoms with Gasteiger partial charge in [-0.05, 0) is 33.6 Å². The van der Waals surface area contributed by atoms with Crippen LogP contribution in [-0.4, -0.2) is 31.4 Å². The van der Waals surface area contributed by atoms with E-state index in [2.05, 4.69) is 4.89 Å². The molecule has 1 rings (SSSR count). The van der Waals surface area contributed by atoms with Crippen LogP contribution >= 0.6 is 0 Å². The monoisotopic (exact) mass is 264 g/mol. The highest BCUT2D eigenvalue weighted by atomic mass is 32.2. The Hall–Kier alpha value is -0.170. The van der Waals surface area contributed by atoms with E-state index in [0.717, 1.165) is 25.7 Å². The van der Waals surface area contributed by atoms with Crippen LogP contribution < -0.4 is 4.89 Å². The zero-order chi connectivity index (χ0) is 13.1. The standard InChI is InChI=1S/C11H24N2O3S/c1-11(2,3)16-12-17(14,15)13(4)10-8-6-5-7-9-10/h10,12H,5-9H2,1-4H3. The molecule has 0 spiro atoms. The van der Waals surface area contributed by atoms with Crippen LogP contribution in [0.3, 0.4) is 0 Å². The summed E-state index contributed by atoms with van der Waals surface area (Å²) in [6.07, 6.45) is 5.28. The zero-order valence-electron chi connectivity index (χ0n) is 11.2. The van der Waals surface area contributed by atoms with E-state index in [0.29, 0.717) is 0 Å². The minimum absolute atomic E-state index is 0.102. The third kappa shape index (κ3) is 4.91. The molecule has 1 aliphatic rings. The first kappa shape index (κ1) is 14.9. The second-order valence-electron chi connectivity index (χ2n) is 5.61. The molecule has 0 aliphatic heterocycles. The molecule has 0 unspecified atom stereocenters. The van der Waals surface area contributed by atoms with E-state index in [1.165, 1.54) is 10.7 Å². The maximum absolute atomic E-state index is 12.0. The molecule has 0 bridgehead atoms. The lowest BCUT2D eigenvalue weighted by Crippen LogP contribution is -2.46. The predicted octanol–water partition coefficient (Wildman–Crippen LogP) is 1.82. The fourth-order valence-electron chi connectivity index (χ4n) is 1.88. The van der Waals surface area contributed by atoms with Crippen molar-refractivity contribution in [1.29, 1.82) is 0 Å². The summed E-state index contributed by atoms with van der Waals surface area (Å²) in [5.41, 5.74) is -0.527. The Bertz CT molecular complexity index is 329. The maximum Gasteiger partial charge on any atom is 0.301 e. The van der Waals surface area contributed by atoms with Crippen LogP contribution in [0.4, 0.5) is 0 Å². The van der Waals surface area contributed by atoms with E-state index in [-0.39, 0.29) is 6.04 Å². The van der Waals surface area contributed by atoms with E-state index >= 15 is 0 Å². The summed E-state index contributed by atoms with van der Waals surface area (Å²) >= 11 is 0. The molecule has 0 heterocycles. The summed E-state index contributed by atoms with van der Waals surface area (Å²) in [5.74, 6) is 0. The molecular formula is C11H24N2O3S. The van der Waals surface area contributed by atoms with Crippen molar-refractivity contribution in [3.05, 3.63) is 0 Å². The van der Waals surface area contributed by atoms with Gasteiger partial charge in [0.05, 0.1) is 5.60 Å². The Kier molecular flexibility index (Phi) is 4.95. The van der Waals surface area contributed by atoms with Crippen molar-refractivity contribution in [3.8, 4) is 0 Å². The van der Waals surface area contributed by atoms with Crippen molar-refractivity contribution in [3.63, 3.8) is 0 Å². The topological polar surface area (TPSA) is 58.6 Å². The average Bonchev–Trinajstić information content (AvgIpc) is 2.26. The molecular weight excluding hydrogens is 240 g/mol. The van der Waals surface area contributed by atoms with Crippen LogP contribution in [0.1, 0.15) is 52.9 Å². The van der Waals surface area contributed by atoms with Crippen molar-refractivity contribution in [1.82, 2.24) is 9.19 Å². The third-order valence-corrected chi connectivity index (χ3v) is 4.27. The summed E-state index contributed by atoms with van der Waals surface area (Å²) in [7, 11) is -1.92. The number of hydrogen-bond donors (Lipinski definition) is 1. The van der Waals surface area contributed by atoms with Crippen LogP contribution in [0.25, 0.3) is 0 Å². The minimum atomic E-state index is -3.53. The summed E-state index contributed by atoms with van der Waals surface area (Å²) in [4.78, 5) is 7.32. The van der Waals surface area contributed by atoms with E-state index in [9.17, 15) is 8.42 Å². The van der Waals surface area contributed by atoms with Gasteiger partial charge in [-0.3, -0.25) is 4.84 Å². The Morgan fingerprint density at radius 1 is 1.18 bits per heavy atom. The van der Waals surface area contributed by atoms with Gasteiger partial charge in [0.25, 0.3) is 0 Å². The maximum atomic E-state index is 12.0. The molecule has 17 heavy (non-hydrogen) atoms. The van der Waals surface area contributed by atoms with E-state index < -0.39 is 15.8 Å². The van der Waals surface area contributed by atoms with E-state index in [4.69, 9.17) is 4.84 Å². The molecule has 5 nitrogen and oxygen atoms in total. The molecule has 0 amide bonds. The first-order valence-corrected chi connectivity index (χ1v) is 7.59. The normalized spacial score (nSPS) is 19.8. The average molecular weight is 264 g/mol. The smallest absolute Gasteiger partial charge is 0.280 e. The molecule has 1 fully saturated rings. The fraction of sp³-hybridized carbons (Fsp3) is 1.00. The van der Waals surface area contributed by atoms with Crippen LogP contribution in [0.5, 0.6) is 0 Å². The Morgan fingerprint density at radius 3 is 2.18 bits per heavy atom. The Balaban J connectivity index is 2.56. The molecule has 1 aliphatic carbocycles. The van der Waals surface area contributed by atoms with Gasteiger partial charge in [0, 0.05) is 13.1 Å². The first-order chi connectivity index (χ1) is 7.72. The largest absolute Gasteiger partial charge is 0.301 e. The quantitative estimate of drug-likeness (QED) is 0.788. The SMILES string of the molecule is CN(C1CCCCC1)S(=O)(=O)NOC(C)(C)C. The summed E-state index contributed by atoms with van der Waals surface area (Å²) in [5, 5.41) is 0. The zero-order valence-corrected chi connectivity index (χ0v) is 12.0. The molecule has 0 aromatic carbocycles. The lowest BCUT2D eigenvalue weighted by Gasteiger charge is -2.31. The lowest BCUT2D eigenvalue weighted by molar-refractivity contribution is -0.0385. The molecule has 0 saturated heterocycles. The highest BCUT2D eigenvalue weighted by Crippen LogP contribution is 2.23. The van der Waals surface area contributed by atoms with Gasteiger partial charge >= 0.3 is 10.2 Å². The van der Waals surface area contributed by atoms with Crippen molar-refractivity contribution in [2.45, 2.75) is 64.5 Å². The lowest BCUT2D eigenvalue weighted by atomic mass is 9.96. The van der Waals surface area contributed by atoms with E-state index in [1.807, 2.05) is 0 Å². The number of hydrogen-bond acceptors (Lipinski definition) is 3. The van der Waals surface area contributed by atoms with Crippen molar-refractivity contribution in [2.24, 2.45) is 0 Å².